The summed E-state index contributed by atoms with van der Waals surface area (Å²) in [5.41, 5.74) is 2.39. The molecule has 0 radical (unpaired) electrons. The molecule has 0 saturated heterocycles. The summed E-state index contributed by atoms with van der Waals surface area (Å²) in [7, 11) is 3.68. The molecule has 1 aliphatic carbocycles. The first-order valence-electron chi connectivity index (χ1n) is 7.80. The average Bonchev–Trinajstić information content (AvgIpc) is 3.24. The van der Waals surface area contributed by atoms with Gasteiger partial charge in [0, 0.05) is 32.3 Å². The van der Waals surface area contributed by atoms with Gasteiger partial charge in [-0.25, -0.2) is 4.39 Å². The zero-order valence-corrected chi connectivity index (χ0v) is 13.5. The number of aliphatic imine (C=N–C) groups is 1. The molecule has 0 amide bonds. The highest BCUT2D eigenvalue weighted by Gasteiger charge is 2.44. The molecule has 1 saturated carbocycles. The van der Waals surface area contributed by atoms with Crippen LogP contribution in [-0.4, -0.2) is 29.3 Å². The summed E-state index contributed by atoms with van der Waals surface area (Å²) >= 11 is 0. The second-order valence-corrected chi connectivity index (χ2v) is 6.01. The Kier molecular flexibility index (Phi) is 4.32. The van der Waals surface area contributed by atoms with Gasteiger partial charge in [0.1, 0.15) is 5.82 Å². The number of aromatic nitrogens is 2. The number of nitrogens with zero attached hydrogens (tertiary/aromatic N) is 3. The molecule has 1 aliphatic rings. The van der Waals surface area contributed by atoms with Crippen LogP contribution in [0.3, 0.4) is 0 Å². The summed E-state index contributed by atoms with van der Waals surface area (Å²) in [5, 5.41) is 10.8. The van der Waals surface area contributed by atoms with Gasteiger partial charge < -0.3 is 10.6 Å². The van der Waals surface area contributed by atoms with Crippen molar-refractivity contribution in [1.29, 1.82) is 0 Å². The Morgan fingerprint density at radius 3 is 2.57 bits per heavy atom. The average molecular weight is 315 g/mol. The molecular weight excluding hydrogens is 293 g/mol. The molecule has 1 heterocycles. The van der Waals surface area contributed by atoms with Crippen LogP contribution in [0.2, 0.25) is 0 Å². The lowest BCUT2D eigenvalue weighted by molar-refractivity contribution is 0.616. The van der Waals surface area contributed by atoms with Gasteiger partial charge in [0.05, 0.1) is 12.2 Å². The van der Waals surface area contributed by atoms with Crippen LogP contribution in [-0.2, 0) is 19.0 Å². The molecule has 122 valence electrons. The molecule has 0 atom stereocenters. The lowest BCUT2D eigenvalue weighted by Crippen LogP contribution is -2.41. The lowest BCUT2D eigenvalue weighted by atomic mass is 9.96. The van der Waals surface area contributed by atoms with Crippen LogP contribution in [0.4, 0.5) is 4.39 Å². The molecule has 1 aromatic heterocycles. The Labute approximate surface area is 135 Å². The quantitative estimate of drug-likeness (QED) is 0.655. The van der Waals surface area contributed by atoms with E-state index in [0.29, 0.717) is 6.54 Å². The van der Waals surface area contributed by atoms with Crippen molar-refractivity contribution in [1.82, 2.24) is 20.4 Å². The van der Waals surface area contributed by atoms with E-state index >= 15 is 0 Å². The number of hydrogen-bond donors (Lipinski definition) is 2. The summed E-state index contributed by atoms with van der Waals surface area (Å²) < 4.78 is 14.9. The highest BCUT2D eigenvalue weighted by atomic mass is 19.1. The minimum atomic E-state index is -0.189. The minimum Gasteiger partial charge on any atom is -0.356 e. The Morgan fingerprint density at radius 1 is 1.26 bits per heavy atom. The first kappa shape index (κ1) is 15.5. The third-order valence-electron chi connectivity index (χ3n) is 4.49. The van der Waals surface area contributed by atoms with Crippen molar-refractivity contribution in [2.45, 2.75) is 24.8 Å². The summed E-state index contributed by atoms with van der Waals surface area (Å²) in [6.45, 7) is 1.46. The van der Waals surface area contributed by atoms with Gasteiger partial charge in [0.2, 0.25) is 0 Å². The van der Waals surface area contributed by atoms with Gasteiger partial charge in [-0.1, -0.05) is 12.1 Å². The van der Waals surface area contributed by atoms with E-state index in [0.717, 1.165) is 31.0 Å². The van der Waals surface area contributed by atoms with Gasteiger partial charge in [-0.2, -0.15) is 5.10 Å². The Morgan fingerprint density at radius 2 is 2.00 bits per heavy atom. The van der Waals surface area contributed by atoms with E-state index in [1.54, 1.807) is 13.2 Å². The van der Waals surface area contributed by atoms with Gasteiger partial charge in [0.25, 0.3) is 0 Å². The molecule has 0 aliphatic heterocycles. The van der Waals surface area contributed by atoms with Gasteiger partial charge in [-0.3, -0.25) is 9.67 Å². The molecule has 5 nitrogen and oxygen atoms in total. The first-order valence-corrected chi connectivity index (χ1v) is 7.80. The zero-order chi connectivity index (χ0) is 16.3. The molecule has 1 fully saturated rings. The van der Waals surface area contributed by atoms with Crippen LogP contribution in [0.5, 0.6) is 0 Å². The van der Waals surface area contributed by atoms with Crippen molar-refractivity contribution in [2.75, 3.05) is 13.6 Å². The van der Waals surface area contributed by atoms with Gasteiger partial charge in [-0.05, 0) is 36.6 Å². The van der Waals surface area contributed by atoms with Crippen molar-refractivity contribution in [2.24, 2.45) is 12.0 Å². The maximum absolute atomic E-state index is 13.1. The predicted octanol–water partition coefficient (Wildman–Crippen LogP) is 1.96. The highest BCUT2D eigenvalue weighted by Crippen LogP contribution is 2.47. The fraction of sp³-hybridized carbons (Fsp3) is 0.412. The second-order valence-electron chi connectivity index (χ2n) is 6.01. The number of guanidine groups is 1. The third-order valence-corrected chi connectivity index (χ3v) is 4.49. The van der Waals surface area contributed by atoms with Crippen LogP contribution in [0.1, 0.15) is 24.1 Å². The summed E-state index contributed by atoms with van der Waals surface area (Å²) in [6.07, 6.45) is 4.01. The molecule has 0 spiro atoms. The summed E-state index contributed by atoms with van der Waals surface area (Å²) in [4.78, 5) is 4.26. The zero-order valence-electron chi connectivity index (χ0n) is 13.5. The van der Waals surface area contributed by atoms with E-state index < -0.39 is 0 Å². The number of benzene rings is 1. The van der Waals surface area contributed by atoms with Crippen molar-refractivity contribution in [3.05, 3.63) is 53.6 Å². The van der Waals surface area contributed by atoms with E-state index in [9.17, 15) is 4.39 Å². The Bertz CT molecular complexity index is 685. The number of aryl methyl sites for hydroxylation is 1. The van der Waals surface area contributed by atoms with E-state index in [2.05, 4.69) is 20.7 Å². The number of hydrogen-bond acceptors (Lipinski definition) is 2. The molecule has 2 N–H and O–H groups in total. The molecular formula is C17H22FN5. The summed E-state index contributed by atoms with van der Waals surface area (Å²) in [5.74, 6) is 0.575. The predicted molar refractivity (Wildman–Crippen MR) is 88.7 cm³/mol. The molecule has 23 heavy (non-hydrogen) atoms. The maximum Gasteiger partial charge on any atom is 0.191 e. The topological polar surface area (TPSA) is 54.2 Å². The molecule has 2 aromatic rings. The van der Waals surface area contributed by atoms with Crippen LogP contribution in [0.15, 0.2) is 41.5 Å². The van der Waals surface area contributed by atoms with E-state index in [1.165, 1.54) is 17.7 Å². The Hall–Kier alpha value is -2.37. The van der Waals surface area contributed by atoms with Gasteiger partial charge >= 0.3 is 0 Å². The highest BCUT2D eigenvalue weighted by molar-refractivity contribution is 5.79. The van der Waals surface area contributed by atoms with Crippen molar-refractivity contribution in [3.8, 4) is 0 Å². The summed E-state index contributed by atoms with van der Waals surface area (Å²) in [6, 6.07) is 8.81. The lowest BCUT2D eigenvalue weighted by Gasteiger charge is -2.19. The first-order chi connectivity index (χ1) is 11.1. The molecule has 6 heteroatoms. The number of nitrogens with one attached hydrogen (secondary N) is 2. The molecule has 1 aromatic carbocycles. The SMILES string of the molecule is CN=C(NCc1ccnn1C)NCC1(c2ccc(F)cc2)CC1. The number of halogens is 1. The third kappa shape index (κ3) is 3.52. The van der Waals surface area contributed by atoms with Gasteiger partial charge in [0.15, 0.2) is 5.96 Å². The number of rotatable bonds is 5. The normalized spacial score (nSPS) is 16.2. The van der Waals surface area contributed by atoms with Crippen molar-refractivity contribution >= 4 is 5.96 Å². The standard InChI is InChI=1S/C17H22FN5/c1-19-16(20-11-15-7-10-22-23(15)2)21-12-17(8-9-17)13-3-5-14(18)6-4-13/h3-7,10H,8-9,11-12H2,1-2H3,(H2,19,20,21). The fourth-order valence-corrected chi connectivity index (χ4v) is 2.74. The van der Waals surface area contributed by atoms with E-state index in [4.69, 9.17) is 0 Å². The molecule has 0 bridgehead atoms. The largest absolute Gasteiger partial charge is 0.356 e. The fourth-order valence-electron chi connectivity index (χ4n) is 2.74. The van der Waals surface area contributed by atoms with Crippen LogP contribution >= 0.6 is 0 Å². The molecule has 3 rings (SSSR count). The minimum absolute atomic E-state index is 0.109. The van der Waals surface area contributed by atoms with Crippen LogP contribution in [0, 0.1) is 5.82 Å². The van der Waals surface area contributed by atoms with E-state index in [1.807, 2.05) is 29.9 Å². The van der Waals surface area contributed by atoms with Crippen molar-refractivity contribution < 1.29 is 4.39 Å². The molecule has 0 unspecified atom stereocenters. The van der Waals surface area contributed by atoms with Crippen LogP contribution in [0.25, 0.3) is 0 Å². The van der Waals surface area contributed by atoms with E-state index in [-0.39, 0.29) is 11.2 Å². The van der Waals surface area contributed by atoms with Crippen molar-refractivity contribution in [3.63, 3.8) is 0 Å². The Balaban J connectivity index is 1.56. The maximum atomic E-state index is 13.1. The van der Waals surface area contributed by atoms with Gasteiger partial charge in [-0.15, -0.1) is 0 Å². The smallest absolute Gasteiger partial charge is 0.191 e. The van der Waals surface area contributed by atoms with Crippen LogP contribution < -0.4 is 10.6 Å². The second kappa shape index (κ2) is 6.40. The monoisotopic (exact) mass is 315 g/mol.